The van der Waals surface area contributed by atoms with Crippen molar-refractivity contribution in [3.05, 3.63) is 77.4 Å². The summed E-state index contributed by atoms with van der Waals surface area (Å²) in [7, 11) is 0. The summed E-state index contributed by atoms with van der Waals surface area (Å²) >= 11 is 2.53. The number of aliphatic hydroxyl groups is 1. The number of ether oxygens (including phenoxy) is 1. The Hall–Kier alpha value is -2.72. The van der Waals surface area contributed by atoms with Gasteiger partial charge in [0.1, 0.15) is 11.6 Å². The summed E-state index contributed by atoms with van der Waals surface area (Å²) in [6, 6.07) is 14.3. The number of hydrogen-bond donors (Lipinski definition) is 2. The van der Waals surface area contributed by atoms with Crippen molar-refractivity contribution in [3.8, 4) is 16.9 Å². The van der Waals surface area contributed by atoms with Gasteiger partial charge in [-0.2, -0.15) is 0 Å². The maximum atomic E-state index is 13.1. The molecule has 6 nitrogen and oxygen atoms in total. The molecule has 0 amide bonds. The fourth-order valence-corrected chi connectivity index (χ4v) is 4.92. The molecule has 4 rings (SSSR count). The smallest absolute Gasteiger partial charge is 0.307 e. The van der Waals surface area contributed by atoms with E-state index in [2.05, 4.69) is 39.4 Å². The van der Waals surface area contributed by atoms with Gasteiger partial charge in [-0.15, -0.1) is 0 Å². The van der Waals surface area contributed by atoms with Crippen LogP contribution in [0.2, 0.25) is 0 Å². The first-order chi connectivity index (χ1) is 19.3. The first-order valence-corrected chi connectivity index (χ1v) is 15.2. The second-order valence-corrected chi connectivity index (χ2v) is 14.1. The molecular weight excluding hydrogens is 634 g/mol. The summed E-state index contributed by atoms with van der Waals surface area (Å²) in [6.07, 6.45) is 5.41. The number of carbonyl (C=O) groups is 1. The Balaban J connectivity index is 0.000000696. The van der Waals surface area contributed by atoms with Crippen molar-refractivity contribution in [2.24, 2.45) is 0 Å². The average molecular weight is 677 g/mol. The molecule has 2 aromatic carbocycles. The minimum Gasteiger partial charge on any atom is -0.493 e. The first-order valence-electron chi connectivity index (χ1n) is 14.1. The molecule has 0 bridgehead atoms. The average Bonchev–Trinajstić information content (AvgIpc) is 2.91. The van der Waals surface area contributed by atoms with Crippen LogP contribution in [-0.4, -0.2) is 49.9 Å². The highest BCUT2D eigenvalue weighted by molar-refractivity contribution is 14.1. The van der Waals surface area contributed by atoms with Crippen molar-refractivity contribution in [2.75, 3.05) is 24.6 Å². The molecule has 0 radical (unpaired) electrons. The van der Waals surface area contributed by atoms with Gasteiger partial charge < -0.3 is 19.8 Å². The van der Waals surface area contributed by atoms with Crippen LogP contribution < -0.4 is 9.64 Å². The number of aromatic nitrogens is 1. The fourth-order valence-electron chi connectivity index (χ4n) is 4.43. The lowest BCUT2D eigenvalue weighted by atomic mass is 9.94. The lowest BCUT2D eigenvalue weighted by molar-refractivity contribution is -0.136. The summed E-state index contributed by atoms with van der Waals surface area (Å²) in [4.78, 5) is 18.6. The quantitative estimate of drug-likeness (QED) is 0.182. The predicted octanol–water partition coefficient (Wildman–Crippen LogP) is 7.41. The predicted molar refractivity (Wildman–Crippen MR) is 172 cm³/mol. The summed E-state index contributed by atoms with van der Waals surface area (Å²) in [5.41, 5.74) is 5.02. The number of nitrogens with zero attached hydrogens (tertiary/aromatic N) is 2. The van der Waals surface area contributed by atoms with Crippen molar-refractivity contribution in [3.63, 3.8) is 0 Å². The van der Waals surface area contributed by atoms with Gasteiger partial charge in [0.2, 0.25) is 0 Å². The number of carboxylic acid groups (broad SMARTS) is 1. The number of halogens is 2. The molecule has 1 saturated heterocycles. The van der Waals surface area contributed by atoms with E-state index in [1.165, 1.54) is 12.1 Å². The minimum absolute atomic E-state index is 0.0510. The van der Waals surface area contributed by atoms with Gasteiger partial charge in [-0.1, -0.05) is 60.7 Å². The molecule has 0 saturated carbocycles. The summed E-state index contributed by atoms with van der Waals surface area (Å²) < 4.78 is 19.2. The standard InChI is InChI=1S/C28H30FIN2O3.C5H12O/c1-19-24(17-26(33)34)27(32-14-12-28(2,30)13-15-32)25(18-31-19)21-5-9-23(10-6-21)35-16-11-20-3-7-22(29)8-4-20;1-4-5(2,3)6/h3-10,18H,11-17H2,1-2H3,(H,33,34);6H,4H2,1-3H3. The van der Waals surface area contributed by atoms with E-state index < -0.39 is 11.6 Å². The van der Waals surface area contributed by atoms with E-state index in [-0.39, 0.29) is 15.7 Å². The van der Waals surface area contributed by atoms with E-state index >= 15 is 0 Å². The Morgan fingerprint density at radius 1 is 1.12 bits per heavy atom. The Bertz CT molecular complexity index is 1280. The number of hydrogen-bond acceptors (Lipinski definition) is 5. The highest BCUT2D eigenvalue weighted by Crippen LogP contribution is 2.40. The van der Waals surface area contributed by atoms with Crippen LogP contribution in [0, 0.1) is 12.7 Å². The number of piperidine rings is 1. The zero-order chi connectivity index (χ0) is 30.2. The third kappa shape index (κ3) is 10.3. The van der Waals surface area contributed by atoms with Crippen molar-refractivity contribution in [1.82, 2.24) is 4.98 Å². The summed E-state index contributed by atoms with van der Waals surface area (Å²) in [6.45, 7) is 12.0. The fraction of sp³-hybridized carbons (Fsp3) is 0.455. The van der Waals surface area contributed by atoms with E-state index in [9.17, 15) is 14.3 Å². The second-order valence-electron chi connectivity index (χ2n) is 11.5. The van der Waals surface area contributed by atoms with E-state index in [1.807, 2.05) is 44.3 Å². The van der Waals surface area contributed by atoms with E-state index in [0.717, 1.165) is 71.7 Å². The minimum atomic E-state index is -0.853. The Labute approximate surface area is 257 Å². The van der Waals surface area contributed by atoms with Gasteiger partial charge in [-0.05, 0) is 75.4 Å². The van der Waals surface area contributed by atoms with Crippen molar-refractivity contribution in [2.45, 2.75) is 75.7 Å². The van der Waals surface area contributed by atoms with Gasteiger partial charge in [-0.25, -0.2) is 4.39 Å². The Morgan fingerprint density at radius 3 is 2.24 bits per heavy atom. The molecular formula is C33H42FIN2O4. The van der Waals surface area contributed by atoms with Crippen LogP contribution in [0.4, 0.5) is 10.1 Å². The number of rotatable bonds is 9. The highest BCUT2D eigenvalue weighted by Gasteiger charge is 2.30. The summed E-state index contributed by atoms with van der Waals surface area (Å²) in [5, 5.41) is 18.4. The molecule has 0 atom stereocenters. The monoisotopic (exact) mass is 676 g/mol. The number of aryl methyl sites for hydroxylation is 1. The normalized spacial score (nSPS) is 14.7. The number of aliphatic carboxylic acids is 1. The molecule has 1 aliphatic rings. The molecule has 1 fully saturated rings. The van der Waals surface area contributed by atoms with Crippen LogP contribution in [0.1, 0.15) is 63.8 Å². The summed E-state index contributed by atoms with van der Waals surface area (Å²) in [5.74, 6) is -0.342. The molecule has 1 aliphatic heterocycles. The highest BCUT2D eigenvalue weighted by atomic mass is 127. The maximum Gasteiger partial charge on any atom is 0.307 e. The molecule has 3 aromatic rings. The molecule has 0 spiro atoms. The third-order valence-corrected chi connectivity index (χ3v) is 8.50. The number of benzene rings is 2. The van der Waals surface area contributed by atoms with Crippen molar-refractivity contribution >= 4 is 34.2 Å². The van der Waals surface area contributed by atoms with Crippen LogP contribution in [0.25, 0.3) is 11.1 Å². The van der Waals surface area contributed by atoms with Gasteiger partial charge in [0.05, 0.1) is 24.3 Å². The molecule has 0 unspecified atom stereocenters. The first kappa shape index (κ1) is 32.8. The van der Waals surface area contributed by atoms with Gasteiger partial charge in [0, 0.05) is 45.9 Å². The van der Waals surface area contributed by atoms with Crippen molar-refractivity contribution < 1.29 is 24.1 Å². The zero-order valence-electron chi connectivity index (χ0n) is 24.7. The van der Waals surface area contributed by atoms with E-state index in [1.54, 1.807) is 26.0 Å². The molecule has 2 heterocycles. The third-order valence-electron chi connectivity index (χ3n) is 7.42. The molecule has 1 aromatic heterocycles. The van der Waals surface area contributed by atoms with Gasteiger partial charge >= 0.3 is 5.97 Å². The molecule has 8 heteroatoms. The van der Waals surface area contributed by atoms with Crippen LogP contribution in [0.5, 0.6) is 5.75 Å². The van der Waals surface area contributed by atoms with Gasteiger partial charge in [0.25, 0.3) is 0 Å². The lowest BCUT2D eigenvalue weighted by Crippen LogP contribution is -2.40. The molecule has 41 heavy (non-hydrogen) atoms. The second kappa shape index (κ2) is 14.4. The van der Waals surface area contributed by atoms with Crippen LogP contribution in [0.3, 0.4) is 0 Å². The van der Waals surface area contributed by atoms with Crippen LogP contribution in [-0.2, 0) is 17.6 Å². The Morgan fingerprint density at radius 2 is 1.71 bits per heavy atom. The van der Waals surface area contributed by atoms with E-state index in [4.69, 9.17) is 9.84 Å². The number of carboxylic acids is 1. The molecule has 222 valence electrons. The number of pyridine rings is 1. The zero-order valence-corrected chi connectivity index (χ0v) is 26.9. The lowest BCUT2D eigenvalue weighted by Gasteiger charge is -2.39. The van der Waals surface area contributed by atoms with Gasteiger partial charge in [-0.3, -0.25) is 9.78 Å². The number of alkyl halides is 1. The SMILES string of the molecule is CCC(C)(C)O.Cc1ncc(-c2ccc(OCCc3ccc(F)cc3)cc2)c(N2CCC(C)(I)CC2)c1CC(=O)O. The molecule has 2 N–H and O–H groups in total. The van der Waals surface area contributed by atoms with E-state index in [0.29, 0.717) is 13.0 Å². The molecule has 0 aliphatic carbocycles. The largest absolute Gasteiger partial charge is 0.493 e. The van der Waals surface area contributed by atoms with Crippen LogP contribution in [0.15, 0.2) is 54.7 Å². The maximum absolute atomic E-state index is 13.1. The number of anilines is 1. The Kier molecular flexibility index (Phi) is 11.6. The van der Waals surface area contributed by atoms with Crippen molar-refractivity contribution in [1.29, 1.82) is 0 Å². The van der Waals surface area contributed by atoms with Crippen LogP contribution >= 0.6 is 22.6 Å². The topological polar surface area (TPSA) is 82.9 Å². The van der Waals surface area contributed by atoms with Gasteiger partial charge in [0.15, 0.2) is 0 Å².